The van der Waals surface area contributed by atoms with E-state index in [1.165, 1.54) is 17.4 Å². The fraction of sp³-hybridized carbons (Fsp3) is 0.478. The number of hydrogen-bond acceptors (Lipinski definition) is 4. The molecule has 1 aromatic rings. The SMILES string of the molecule is C/C=S(\C)NC(=O)C1=CC(CCc2nc(C3C=CC=C(C(F)(F)F)C3C)cs2)CCN=C1. The number of hydrogen-bond donors (Lipinski definition) is 1. The Balaban J connectivity index is 1.64. The first-order chi connectivity index (χ1) is 15.2. The Bertz CT molecular complexity index is 989. The molecule has 32 heavy (non-hydrogen) atoms. The molecule has 174 valence electrons. The van der Waals surface area contributed by atoms with E-state index < -0.39 is 17.7 Å². The van der Waals surface area contributed by atoms with Crippen LogP contribution in [-0.2, 0) is 11.2 Å². The van der Waals surface area contributed by atoms with Crippen molar-refractivity contribution in [1.29, 1.82) is 0 Å². The second kappa shape index (κ2) is 10.7. The van der Waals surface area contributed by atoms with Crippen LogP contribution >= 0.6 is 22.0 Å². The maximum atomic E-state index is 13.3. The van der Waals surface area contributed by atoms with Crippen molar-refractivity contribution in [3.8, 4) is 0 Å². The van der Waals surface area contributed by atoms with Crippen LogP contribution in [0.3, 0.4) is 0 Å². The molecule has 4 nitrogen and oxygen atoms in total. The molecule has 4 atom stereocenters. The van der Waals surface area contributed by atoms with E-state index >= 15 is 0 Å². The highest BCUT2D eigenvalue weighted by Crippen LogP contribution is 2.42. The van der Waals surface area contributed by atoms with Crippen LogP contribution < -0.4 is 4.72 Å². The van der Waals surface area contributed by atoms with Crippen LogP contribution in [-0.4, -0.2) is 41.5 Å². The van der Waals surface area contributed by atoms with Crippen LogP contribution in [0.25, 0.3) is 0 Å². The Morgan fingerprint density at radius 1 is 1.41 bits per heavy atom. The summed E-state index contributed by atoms with van der Waals surface area (Å²) < 4.78 is 42.7. The number of aryl methyl sites for hydroxylation is 1. The van der Waals surface area contributed by atoms with Crippen LogP contribution in [0.4, 0.5) is 13.2 Å². The van der Waals surface area contributed by atoms with Crippen LogP contribution in [0.1, 0.15) is 43.3 Å². The van der Waals surface area contributed by atoms with Gasteiger partial charge >= 0.3 is 6.18 Å². The van der Waals surface area contributed by atoms with Gasteiger partial charge in [0.05, 0.1) is 16.3 Å². The van der Waals surface area contributed by atoms with Crippen molar-refractivity contribution < 1.29 is 18.0 Å². The second-order valence-corrected chi connectivity index (χ2v) is 10.7. The minimum Gasteiger partial charge on any atom is -0.302 e. The van der Waals surface area contributed by atoms with Crippen molar-refractivity contribution in [1.82, 2.24) is 9.71 Å². The number of rotatable bonds is 6. The average Bonchev–Trinajstić information content (AvgIpc) is 3.08. The highest BCUT2D eigenvalue weighted by atomic mass is 32.2. The first-order valence-electron chi connectivity index (χ1n) is 10.6. The standard InChI is InChI=1S/C23H28F3N3OS2/c1-4-32(3)29-22(30)17-12-16(10-11-27-13-17)8-9-21-28-20(14-31-21)18-6-5-7-19(15(18)2)23(24,25)26/h4-7,12-16,18H,8-11H2,1-3H3,(H,29,30). The van der Waals surface area contributed by atoms with E-state index in [1.807, 2.05) is 30.0 Å². The number of carbonyl (C=O) groups is 1. The third kappa shape index (κ3) is 6.28. The van der Waals surface area contributed by atoms with Gasteiger partial charge in [0, 0.05) is 29.6 Å². The summed E-state index contributed by atoms with van der Waals surface area (Å²) in [6.07, 6.45) is 8.06. The maximum absolute atomic E-state index is 13.3. The molecule has 1 aliphatic heterocycles. The number of nitrogens with one attached hydrogen (secondary N) is 1. The minimum atomic E-state index is -4.33. The molecule has 0 bridgehead atoms. The lowest BCUT2D eigenvalue weighted by molar-refractivity contribution is -0.115. The molecule has 1 aliphatic carbocycles. The van der Waals surface area contributed by atoms with Gasteiger partial charge in [0.15, 0.2) is 0 Å². The van der Waals surface area contributed by atoms with E-state index in [0.29, 0.717) is 24.2 Å². The van der Waals surface area contributed by atoms with E-state index in [0.717, 1.165) is 23.9 Å². The topological polar surface area (TPSA) is 54.4 Å². The normalized spacial score (nSPS) is 24.6. The van der Waals surface area contributed by atoms with Crippen molar-refractivity contribution in [2.45, 2.75) is 45.2 Å². The number of allylic oxidation sites excluding steroid dienone is 5. The monoisotopic (exact) mass is 483 g/mol. The van der Waals surface area contributed by atoms with E-state index in [1.54, 1.807) is 19.2 Å². The number of halogens is 3. The lowest BCUT2D eigenvalue weighted by atomic mass is 9.81. The summed E-state index contributed by atoms with van der Waals surface area (Å²) in [4.78, 5) is 21.4. The molecule has 0 spiro atoms. The highest BCUT2D eigenvalue weighted by molar-refractivity contribution is 8.13. The summed E-state index contributed by atoms with van der Waals surface area (Å²) in [7, 11) is -0.286. The molecule has 4 unspecified atom stereocenters. The van der Waals surface area contributed by atoms with E-state index in [9.17, 15) is 18.0 Å². The molecule has 0 aromatic carbocycles. The molecule has 3 rings (SSSR count). The van der Waals surface area contributed by atoms with Crippen LogP contribution in [0.15, 0.2) is 45.8 Å². The quantitative estimate of drug-likeness (QED) is 0.534. The number of aromatic nitrogens is 1. The minimum absolute atomic E-state index is 0.118. The zero-order chi connectivity index (χ0) is 23.3. The van der Waals surface area contributed by atoms with Crippen molar-refractivity contribution >= 4 is 39.5 Å². The predicted molar refractivity (Wildman–Crippen MR) is 129 cm³/mol. The number of alkyl halides is 3. The molecule has 1 N–H and O–H groups in total. The van der Waals surface area contributed by atoms with E-state index in [4.69, 9.17) is 0 Å². The van der Waals surface area contributed by atoms with Crippen molar-refractivity contribution in [2.24, 2.45) is 16.8 Å². The van der Waals surface area contributed by atoms with Gasteiger partial charge in [-0.25, -0.2) is 4.98 Å². The zero-order valence-corrected chi connectivity index (χ0v) is 20.0. The Morgan fingerprint density at radius 2 is 2.19 bits per heavy atom. The molecule has 0 radical (unpaired) electrons. The average molecular weight is 484 g/mol. The summed E-state index contributed by atoms with van der Waals surface area (Å²) in [5.41, 5.74) is 0.764. The van der Waals surface area contributed by atoms with Gasteiger partial charge in [0.25, 0.3) is 5.91 Å². The number of aliphatic imine (C=N–C) groups is 1. The van der Waals surface area contributed by atoms with E-state index in [-0.39, 0.29) is 28.4 Å². The summed E-state index contributed by atoms with van der Waals surface area (Å²) in [5.74, 6) is -0.960. The fourth-order valence-electron chi connectivity index (χ4n) is 3.81. The molecular weight excluding hydrogens is 455 g/mol. The fourth-order valence-corrected chi connectivity index (χ4v) is 5.20. The number of nitrogens with zero attached hydrogens (tertiary/aromatic N) is 2. The van der Waals surface area contributed by atoms with Crippen molar-refractivity contribution in [2.75, 3.05) is 12.8 Å². The third-order valence-electron chi connectivity index (χ3n) is 5.73. The number of carbonyl (C=O) groups excluding carboxylic acids is 1. The number of thiazole rings is 1. The lowest BCUT2D eigenvalue weighted by Crippen LogP contribution is -2.24. The first kappa shape index (κ1) is 24.6. The smallest absolute Gasteiger partial charge is 0.302 e. The van der Waals surface area contributed by atoms with Crippen LogP contribution in [0, 0.1) is 11.8 Å². The molecule has 0 saturated carbocycles. The predicted octanol–water partition coefficient (Wildman–Crippen LogP) is 5.62. The Morgan fingerprint density at radius 3 is 2.91 bits per heavy atom. The molecule has 0 fully saturated rings. The van der Waals surface area contributed by atoms with Crippen LogP contribution in [0.2, 0.25) is 0 Å². The highest BCUT2D eigenvalue weighted by Gasteiger charge is 2.40. The van der Waals surface area contributed by atoms with Gasteiger partial charge in [-0.2, -0.15) is 13.2 Å². The van der Waals surface area contributed by atoms with Crippen molar-refractivity contribution in [3.63, 3.8) is 0 Å². The Kier molecular flexibility index (Phi) is 8.27. The van der Waals surface area contributed by atoms with Crippen LogP contribution in [0.5, 0.6) is 0 Å². The summed E-state index contributed by atoms with van der Waals surface area (Å²) in [6, 6.07) is 0. The maximum Gasteiger partial charge on any atom is 0.412 e. The van der Waals surface area contributed by atoms with Gasteiger partial charge in [0.1, 0.15) is 0 Å². The zero-order valence-electron chi connectivity index (χ0n) is 18.4. The van der Waals surface area contributed by atoms with Gasteiger partial charge < -0.3 is 4.72 Å². The third-order valence-corrected chi connectivity index (χ3v) is 7.88. The molecule has 9 heteroatoms. The number of amides is 1. The van der Waals surface area contributed by atoms with Gasteiger partial charge in [-0.05, 0) is 49.6 Å². The molecule has 1 amide bonds. The molecular formula is C23H28F3N3OS2. The van der Waals surface area contributed by atoms with E-state index in [2.05, 4.69) is 14.7 Å². The molecule has 2 heterocycles. The lowest BCUT2D eigenvalue weighted by Gasteiger charge is -2.26. The Labute approximate surface area is 193 Å². The van der Waals surface area contributed by atoms with Gasteiger partial charge in [0.2, 0.25) is 0 Å². The summed E-state index contributed by atoms with van der Waals surface area (Å²) in [6.45, 7) is 4.18. The largest absolute Gasteiger partial charge is 0.412 e. The van der Waals surface area contributed by atoms with Gasteiger partial charge in [-0.15, -0.1) is 22.0 Å². The van der Waals surface area contributed by atoms with Gasteiger partial charge in [-0.1, -0.05) is 31.2 Å². The first-order valence-corrected chi connectivity index (χ1v) is 13.1. The molecule has 1 aromatic heterocycles. The van der Waals surface area contributed by atoms with Gasteiger partial charge in [-0.3, -0.25) is 9.79 Å². The Hall–Kier alpha value is -2.00. The molecule has 2 aliphatic rings. The summed E-state index contributed by atoms with van der Waals surface area (Å²) in [5, 5.41) is 4.72. The second-order valence-electron chi connectivity index (χ2n) is 7.95. The van der Waals surface area contributed by atoms with Crippen molar-refractivity contribution in [3.05, 3.63) is 51.5 Å². The molecule has 0 saturated heterocycles. The summed E-state index contributed by atoms with van der Waals surface area (Å²) >= 11 is 1.49.